The molecule has 4 saturated carbocycles. The molecule has 6 rings (SSSR count). The summed E-state index contributed by atoms with van der Waals surface area (Å²) in [6, 6.07) is 19.7. The molecule has 0 aromatic heterocycles. The van der Waals surface area contributed by atoms with E-state index in [0.29, 0.717) is 0 Å². The summed E-state index contributed by atoms with van der Waals surface area (Å²) < 4.78 is 0. The Hall–Kier alpha value is -1.56. The lowest BCUT2D eigenvalue weighted by Gasteiger charge is -2.62. The largest absolute Gasteiger partial charge is 0.0582 e. The second-order valence-electron chi connectivity index (χ2n) is 12.8. The summed E-state index contributed by atoms with van der Waals surface area (Å²) >= 11 is 0. The van der Waals surface area contributed by atoms with Crippen LogP contribution in [0.25, 0.3) is 0 Å². The van der Waals surface area contributed by atoms with Crippen molar-refractivity contribution in [1.29, 1.82) is 0 Å². The molecule has 0 nitrogen and oxygen atoms in total. The van der Waals surface area contributed by atoms with Gasteiger partial charge in [-0.05, 0) is 88.9 Å². The van der Waals surface area contributed by atoms with E-state index < -0.39 is 0 Å². The summed E-state index contributed by atoms with van der Waals surface area (Å²) in [6.07, 6.45) is 7.27. The highest BCUT2D eigenvalue weighted by Gasteiger charge is 2.58. The van der Waals surface area contributed by atoms with E-state index >= 15 is 0 Å². The molecule has 160 valence electrons. The van der Waals surface area contributed by atoms with Crippen LogP contribution in [0.15, 0.2) is 48.5 Å². The standard InChI is InChI=1S/C30H40/c1-28(2,3)22-7-11-24(12-8-22)30(25-13-9-23(10-14-25)29(4,5)6)26-16-20-15-21(18-26)19-27(30)17-20/h7-14,20-21,26-27H,15-19H2,1-6H3. The third-order valence-corrected chi connectivity index (χ3v) is 8.88. The molecule has 0 amide bonds. The van der Waals surface area contributed by atoms with Crippen LogP contribution in [0, 0.1) is 23.7 Å². The Morgan fingerprint density at radius 2 is 0.867 bits per heavy atom. The molecule has 0 radical (unpaired) electrons. The lowest BCUT2D eigenvalue weighted by atomic mass is 9.42. The smallest absolute Gasteiger partial charge is 0.0259 e. The van der Waals surface area contributed by atoms with E-state index in [1.807, 2.05) is 0 Å². The van der Waals surface area contributed by atoms with Gasteiger partial charge in [0.15, 0.2) is 0 Å². The molecule has 4 fully saturated rings. The molecule has 0 N–H and O–H groups in total. The van der Waals surface area contributed by atoms with Crippen LogP contribution in [0.4, 0.5) is 0 Å². The molecule has 2 aromatic rings. The highest BCUT2D eigenvalue weighted by Crippen LogP contribution is 2.65. The van der Waals surface area contributed by atoms with Crippen LogP contribution in [0.1, 0.15) is 95.9 Å². The first-order valence-corrected chi connectivity index (χ1v) is 12.3. The fourth-order valence-electron chi connectivity index (χ4n) is 7.53. The summed E-state index contributed by atoms with van der Waals surface area (Å²) in [4.78, 5) is 0. The normalized spacial score (nSPS) is 29.9. The van der Waals surface area contributed by atoms with Crippen molar-refractivity contribution in [2.75, 3.05) is 0 Å². The molecule has 0 unspecified atom stereocenters. The summed E-state index contributed by atoms with van der Waals surface area (Å²) in [5.74, 6) is 3.61. The van der Waals surface area contributed by atoms with Crippen molar-refractivity contribution in [1.82, 2.24) is 0 Å². The van der Waals surface area contributed by atoms with Crippen molar-refractivity contribution in [3.8, 4) is 0 Å². The average Bonchev–Trinajstić information content (AvgIpc) is 2.67. The van der Waals surface area contributed by atoms with Crippen LogP contribution < -0.4 is 0 Å². The molecule has 0 saturated heterocycles. The maximum Gasteiger partial charge on any atom is 0.0259 e. The Morgan fingerprint density at radius 3 is 1.17 bits per heavy atom. The SMILES string of the molecule is CC(C)(C)c1ccc(C2(c3ccc(C(C)(C)C)cc3)C3CC4CC(C3)CC2C4)cc1. The van der Waals surface area contributed by atoms with Gasteiger partial charge in [-0.25, -0.2) is 0 Å². The van der Waals surface area contributed by atoms with Gasteiger partial charge in [0, 0.05) is 5.41 Å². The lowest BCUT2D eigenvalue weighted by Crippen LogP contribution is -2.56. The zero-order chi connectivity index (χ0) is 21.3. The summed E-state index contributed by atoms with van der Waals surface area (Å²) in [5.41, 5.74) is 6.73. The molecule has 4 bridgehead atoms. The fourth-order valence-corrected chi connectivity index (χ4v) is 7.53. The van der Waals surface area contributed by atoms with E-state index in [9.17, 15) is 0 Å². The minimum absolute atomic E-state index is 0.212. The van der Waals surface area contributed by atoms with Crippen molar-refractivity contribution in [3.05, 3.63) is 70.8 Å². The van der Waals surface area contributed by atoms with Gasteiger partial charge in [-0.2, -0.15) is 0 Å². The van der Waals surface area contributed by atoms with E-state index in [0.717, 1.165) is 23.7 Å². The van der Waals surface area contributed by atoms with E-state index in [4.69, 9.17) is 0 Å². The first-order chi connectivity index (χ1) is 14.1. The van der Waals surface area contributed by atoms with Gasteiger partial charge in [0.25, 0.3) is 0 Å². The molecule has 0 spiro atoms. The van der Waals surface area contributed by atoms with Crippen LogP contribution in [0.3, 0.4) is 0 Å². The van der Waals surface area contributed by atoms with E-state index in [2.05, 4.69) is 90.1 Å². The van der Waals surface area contributed by atoms with Gasteiger partial charge in [0.2, 0.25) is 0 Å². The molecule has 0 aliphatic heterocycles. The number of rotatable bonds is 2. The van der Waals surface area contributed by atoms with Crippen LogP contribution in [0.5, 0.6) is 0 Å². The molecule has 0 heterocycles. The molecule has 30 heavy (non-hydrogen) atoms. The predicted molar refractivity (Wildman–Crippen MR) is 128 cm³/mol. The second-order valence-corrected chi connectivity index (χ2v) is 12.8. The Balaban J connectivity index is 1.64. The summed E-state index contributed by atoms with van der Waals surface area (Å²) in [6.45, 7) is 14.0. The minimum Gasteiger partial charge on any atom is -0.0582 e. The molecule has 0 atom stereocenters. The number of hydrogen-bond acceptors (Lipinski definition) is 0. The Bertz CT molecular complexity index is 811. The minimum atomic E-state index is 0.212. The van der Waals surface area contributed by atoms with Gasteiger partial charge in [0.05, 0.1) is 0 Å². The Labute approximate surface area is 184 Å². The van der Waals surface area contributed by atoms with Gasteiger partial charge < -0.3 is 0 Å². The van der Waals surface area contributed by atoms with Gasteiger partial charge in [-0.3, -0.25) is 0 Å². The molecule has 4 aliphatic rings. The van der Waals surface area contributed by atoms with Crippen molar-refractivity contribution < 1.29 is 0 Å². The zero-order valence-electron chi connectivity index (χ0n) is 20.0. The van der Waals surface area contributed by atoms with Crippen molar-refractivity contribution >= 4 is 0 Å². The van der Waals surface area contributed by atoms with Crippen molar-refractivity contribution in [2.45, 2.75) is 89.9 Å². The second kappa shape index (κ2) is 6.72. The third kappa shape index (κ3) is 3.09. The maximum atomic E-state index is 2.50. The lowest BCUT2D eigenvalue weighted by molar-refractivity contribution is -0.0418. The molecular weight excluding hydrogens is 360 g/mol. The quantitative estimate of drug-likeness (QED) is 0.478. The molecule has 4 aliphatic carbocycles. The maximum absolute atomic E-state index is 2.50. The average molecular weight is 401 g/mol. The topological polar surface area (TPSA) is 0 Å². The monoisotopic (exact) mass is 400 g/mol. The van der Waals surface area contributed by atoms with E-state index in [1.165, 1.54) is 43.2 Å². The summed E-state index contributed by atoms with van der Waals surface area (Å²) in [7, 11) is 0. The van der Waals surface area contributed by atoms with Gasteiger partial charge in [0.1, 0.15) is 0 Å². The highest BCUT2D eigenvalue weighted by molar-refractivity contribution is 5.46. The van der Waals surface area contributed by atoms with Crippen LogP contribution in [0.2, 0.25) is 0 Å². The fraction of sp³-hybridized carbons (Fsp3) is 0.600. The summed E-state index contributed by atoms with van der Waals surface area (Å²) in [5, 5.41) is 0. The number of benzene rings is 2. The first-order valence-electron chi connectivity index (χ1n) is 12.3. The first kappa shape index (κ1) is 20.3. The third-order valence-electron chi connectivity index (χ3n) is 8.88. The van der Waals surface area contributed by atoms with Crippen LogP contribution in [-0.2, 0) is 16.2 Å². The molecular formula is C30H40. The molecule has 0 heteroatoms. The number of hydrogen-bond donors (Lipinski definition) is 0. The van der Waals surface area contributed by atoms with Gasteiger partial charge >= 0.3 is 0 Å². The highest BCUT2D eigenvalue weighted by atomic mass is 14.6. The Morgan fingerprint density at radius 1 is 0.533 bits per heavy atom. The van der Waals surface area contributed by atoms with Gasteiger partial charge in [-0.15, -0.1) is 0 Å². The Kier molecular flexibility index (Phi) is 4.56. The van der Waals surface area contributed by atoms with Crippen LogP contribution in [-0.4, -0.2) is 0 Å². The molecule has 2 aromatic carbocycles. The van der Waals surface area contributed by atoms with Gasteiger partial charge in [-0.1, -0.05) is 90.1 Å². The van der Waals surface area contributed by atoms with E-state index in [1.54, 1.807) is 11.1 Å². The van der Waals surface area contributed by atoms with Crippen molar-refractivity contribution in [2.24, 2.45) is 23.7 Å². The van der Waals surface area contributed by atoms with Crippen LogP contribution >= 0.6 is 0 Å². The van der Waals surface area contributed by atoms with Crippen molar-refractivity contribution in [3.63, 3.8) is 0 Å². The van der Waals surface area contributed by atoms with E-state index in [-0.39, 0.29) is 16.2 Å². The zero-order valence-corrected chi connectivity index (χ0v) is 20.0. The predicted octanol–water partition coefficient (Wildman–Crippen LogP) is 8.02.